The molecule has 0 fully saturated rings. The number of rotatable bonds is 2. The minimum atomic E-state index is -0.475. The first-order valence-electron chi connectivity index (χ1n) is 7.33. The number of anilines is 1. The van der Waals surface area contributed by atoms with E-state index in [-0.39, 0.29) is 17.4 Å². The van der Waals surface area contributed by atoms with Gasteiger partial charge in [-0.1, -0.05) is 28.1 Å². The Labute approximate surface area is 146 Å². The van der Waals surface area contributed by atoms with Crippen LogP contribution >= 0.6 is 15.9 Å². The van der Waals surface area contributed by atoms with Crippen molar-refractivity contribution in [1.82, 2.24) is 5.01 Å². The van der Waals surface area contributed by atoms with Crippen molar-refractivity contribution >= 4 is 33.0 Å². The topological polar surface area (TPSA) is 94.0 Å². The van der Waals surface area contributed by atoms with E-state index in [4.69, 9.17) is 10.5 Å². The Morgan fingerprint density at radius 1 is 1.33 bits per heavy atom. The van der Waals surface area contributed by atoms with Crippen molar-refractivity contribution in [3.8, 4) is 5.75 Å². The van der Waals surface area contributed by atoms with Crippen molar-refractivity contribution in [2.75, 3.05) is 12.5 Å². The molecule has 122 valence electrons. The zero-order valence-electron chi connectivity index (χ0n) is 12.5. The van der Waals surface area contributed by atoms with Crippen LogP contribution in [-0.4, -0.2) is 22.4 Å². The number of benzene rings is 2. The second kappa shape index (κ2) is 5.48. The molecule has 2 N–H and O–H groups in total. The first-order chi connectivity index (χ1) is 11.5. The molecule has 0 saturated heterocycles. The Hall–Kier alpha value is -2.61. The van der Waals surface area contributed by atoms with Gasteiger partial charge in [-0.2, -0.15) is 5.10 Å². The van der Waals surface area contributed by atoms with Crippen molar-refractivity contribution in [1.29, 1.82) is 0 Å². The maximum atomic E-state index is 11.1. The highest BCUT2D eigenvalue weighted by Crippen LogP contribution is 2.41. The first-order valence-corrected chi connectivity index (χ1v) is 8.13. The number of nitro benzene ring substituents is 1. The minimum Gasteiger partial charge on any atom is -0.471 e. The van der Waals surface area contributed by atoms with Crippen molar-refractivity contribution in [2.45, 2.75) is 12.5 Å². The van der Waals surface area contributed by atoms with Gasteiger partial charge in [-0.25, -0.2) is 0 Å². The van der Waals surface area contributed by atoms with Crippen LogP contribution in [-0.2, 0) is 0 Å². The second-order valence-electron chi connectivity index (χ2n) is 5.69. The molecule has 0 saturated carbocycles. The number of nitrogens with two attached hydrogens (primary N) is 1. The van der Waals surface area contributed by atoms with Gasteiger partial charge in [0.05, 0.1) is 16.7 Å². The van der Waals surface area contributed by atoms with Crippen LogP contribution < -0.4 is 10.5 Å². The molecule has 0 amide bonds. The standard InChI is InChI=1S/C16H13BrN4O3/c17-10-2-3-11-14-7-13(19-20(14)8-24-16(11)6-10)9-1-4-12(18)15(5-9)21(22)23/h1-6,14H,7-8,18H2. The maximum Gasteiger partial charge on any atom is 0.292 e. The average Bonchev–Trinajstić information content (AvgIpc) is 2.99. The zero-order valence-corrected chi connectivity index (χ0v) is 14.1. The highest BCUT2D eigenvalue weighted by atomic mass is 79.9. The van der Waals surface area contributed by atoms with Crippen LogP contribution in [0.2, 0.25) is 0 Å². The Balaban J connectivity index is 1.68. The van der Waals surface area contributed by atoms with Crippen LogP contribution in [0.25, 0.3) is 0 Å². The van der Waals surface area contributed by atoms with Gasteiger partial charge in [0.25, 0.3) is 5.69 Å². The van der Waals surface area contributed by atoms with E-state index in [1.807, 2.05) is 23.2 Å². The largest absolute Gasteiger partial charge is 0.471 e. The number of nitro groups is 1. The van der Waals surface area contributed by atoms with Gasteiger partial charge < -0.3 is 10.5 Å². The van der Waals surface area contributed by atoms with Gasteiger partial charge in [-0.3, -0.25) is 15.1 Å². The molecule has 4 rings (SSSR count). The van der Waals surface area contributed by atoms with Crippen LogP contribution in [0.4, 0.5) is 11.4 Å². The van der Waals surface area contributed by atoms with Crippen molar-refractivity contribution in [3.05, 3.63) is 62.1 Å². The van der Waals surface area contributed by atoms with Crippen LogP contribution in [0, 0.1) is 10.1 Å². The predicted molar refractivity (Wildman–Crippen MR) is 92.9 cm³/mol. The van der Waals surface area contributed by atoms with E-state index >= 15 is 0 Å². The molecule has 2 aromatic carbocycles. The van der Waals surface area contributed by atoms with E-state index in [0.717, 1.165) is 21.5 Å². The van der Waals surface area contributed by atoms with E-state index < -0.39 is 4.92 Å². The van der Waals surface area contributed by atoms with Gasteiger partial charge in [0.2, 0.25) is 0 Å². The Kier molecular flexibility index (Phi) is 3.42. The van der Waals surface area contributed by atoms with Crippen molar-refractivity contribution in [2.24, 2.45) is 5.10 Å². The molecular weight excluding hydrogens is 376 g/mol. The van der Waals surface area contributed by atoms with Gasteiger partial charge in [0.15, 0.2) is 6.73 Å². The summed E-state index contributed by atoms with van der Waals surface area (Å²) in [4.78, 5) is 10.6. The maximum absolute atomic E-state index is 11.1. The highest BCUT2D eigenvalue weighted by Gasteiger charge is 2.34. The lowest BCUT2D eigenvalue weighted by atomic mass is 9.97. The molecule has 1 unspecified atom stereocenters. The fraction of sp³-hybridized carbons (Fsp3) is 0.188. The molecular formula is C16H13BrN4O3. The molecule has 0 bridgehead atoms. The lowest BCUT2D eigenvalue weighted by Crippen LogP contribution is -2.29. The van der Waals surface area contributed by atoms with Crippen LogP contribution in [0.1, 0.15) is 23.6 Å². The van der Waals surface area contributed by atoms with Gasteiger partial charge in [0.1, 0.15) is 11.4 Å². The van der Waals surface area contributed by atoms with Gasteiger partial charge in [0, 0.05) is 28.1 Å². The van der Waals surface area contributed by atoms with E-state index in [9.17, 15) is 10.1 Å². The summed E-state index contributed by atoms with van der Waals surface area (Å²) in [5, 5.41) is 17.5. The molecule has 0 aromatic heterocycles. The number of nitrogens with zero attached hydrogens (tertiary/aromatic N) is 3. The molecule has 1 atom stereocenters. The van der Waals surface area contributed by atoms with E-state index in [2.05, 4.69) is 21.0 Å². The summed E-state index contributed by atoms with van der Waals surface area (Å²) in [6.07, 6.45) is 0.666. The Morgan fingerprint density at radius 2 is 2.17 bits per heavy atom. The molecule has 24 heavy (non-hydrogen) atoms. The normalized spacial score (nSPS) is 18.5. The van der Waals surface area contributed by atoms with Crippen LogP contribution in [0.15, 0.2) is 46.0 Å². The summed E-state index contributed by atoms with van der Waals surface area (Å²) >= 11 is 3.44. The number of ether oxygens (including phenoxy) is 1. The Bertz CT molecular complexity index is 884. The lowest BCUT2D eigenvalue weighted by Gasteiger charge is -2.30. The van der Waals surface area contributed by atoms with Crippen LogP contribution in [0.5, 0.6) is 5.75 Å². The van der Waals surface area contributed by atoms with Gasteiger partial charge >= 0.3 is 0 Å². The summed E-state index contributed by atoms with van der Waals surface area (Å²) in [5.74, 6) is 0.838. The number of fused-ring (bicyclic) bond motifs is 3. The number of hydrogen-bond acceptors (Lipinski definition) is 6. The molecule has 0 radical (unpaired) electrons. The third kappa shape index (κ3) is 2.39. The van der Waals surface area contributed by atoms with Crippen molar-refractivity contribution in [3.63, 3.8) is 0 Å². The fourth-order valence-corrected chi connectivity index (χ4v) is 3.38. The average molecular weight is 389 g/mol. The van der Waals surface area contributed by atoms with Crippen molar-refractivity contribution < 1.29 is 9.66 Å². The highest BCUT2D eigenvalue weighted by molar-refractivity contribution is 9.10. The quantitative estimate of drug-likeness (QED) is 0.483. The monoisotopic (exact) mass is 388 g/mol. The number of hydrogen-bond donors (Lipinski definition) is 1. The molecule has 7 nitrogen and oxygen atoms in total. The summed E-state index contributed by atoms with van der Waals surface area (Å²) in [5.41, 5.74) is 8.29. The SMILES string of the molecule is Nc1ccc(C2=NN3COc4cc(Br)ccc4C3C2)cc1[N+](=O)[O-]. The molecule has 0 aliphatic carbocycles. The number of halogens is 1. The first kappa shape index (κ1) is 14.9. The molecule has 8 heteroatoms. The third-order valence-electron chi connectivity index (χ3n) is 4.24. The van der Waals surface area contributed by atoms with Gasteiger partial charge in [-0.15, -0.1) is 0 Å². The van der Waals surface area contributed by atoms with E-state index in [1.165, 1.54) is 6.07 Å². The lowest BCUT2D eigenvalue weighted by molar-refractivity contribution is -0.383. The second-order valence-corrected chi connectivity index (χ2v) is 6.61. The number of nitrogen functional groups attached to an aromatic ring is 1. The molecule has 2 heterocycles. The fourth-order valence-electron chi connectivity index (χ4n) is 3.04. The summed E-state index contributed by atoms with van der Waals surface area (Å²) in [6, 6.07) is 10.8. The van der Waals surface area contributed by atoms with Crippen LogP contribution in [0.3, 0.4) is 0 Å². The van der Waals surface area contributed by atoms with E-state index in [1.54, 1.807) is 12.1 Å². The molecule has 2 aliphatic heterocycles. The summed E-state index contributed by atoms with van der Waals surface area (Å²) in [6.45, 7) is 0.356. The zero-order chi connectivity index (χ0) is 16.8. The minimum absolute atomic E-state index is 0.0773. The van der Waals surface area contributed by atoms with Gasteiger partial charge in [-0.05, 0) is 18.2 Å². The third-order valence-corrected chi connectivity index (χ3v) is 4.74. The molecule has 2 aromatic rings. The smallest absolute Gasteiger partial charge is 0.292 e. The Morgan fingerprint density at radius 3 is 2.96 bits per heavy atom. The number of hydrazone groups is 1. The predicted octanol–water partition coefficient (Wildman–Crippen LogP) is 3.44. The summed E-state index contributed by atoms with van der Waals surface area (Å²) in [7, 11) is 0. The van der Waals surface area contributed by atoms with E-state index in [0.29, 0.717) is 18.7 Å². The summed E-state index contributed by atoms with van der Waals surface area (Å²) < 4.78 is 6.71. The molecule has 2 aliphatic rings. The molecule has 0 spiro atoms.